The first-order chi connectivity index (χ1) is 5.73. The maximum atomic E-state index is 8.52. The third-order valence-electron chi connectivity index (χ3n) is 0. The van der Waals surface area contributed by atoms with Gasteiger partial charge in [-0.05, 0) is 0 Å². The molecule has 88 valence electrons. The van der Waals surface area contributed by atoms with Crippen LogP contribution < -0.4 is 0 Å². The van der Waals surface area contributed by atoms with E-state index in [1.165, 1.54) is 0 Å². The Morgan fingerprint density at radius 2 is 0.812 bits per heavy atom. The summed E-state index contributed by atoms with van der Waals surface area (Å²) in [7, 11) is -10.3. The molecule has 0 aromatic heterocycles. The van der Waals surface area contributed by atoms with E-state index in [9.17, 15) is 0 Å². The Morgan fingerprint density at radius 3 is 0.812 bits per heavy atom. The minimum atomic E-state index is -5.17. The van der Waals surface area contributed by atoms with Gasteiger partial charge in [0.25, 0.3) is 5.09 Å². The molecule has 0 bridgehead atoms. The molecule has 0 saturated heterocycles. The van der Waals surface area contributed by atoms with E-state index in [1.807, 2.05) is 0 Å². The van der Waals surface area contributed by atoms with Crippen LogP contribution in [0.4, 0.5) is 0 Å². The maximum absolute atomic E-state index is 8.52. The molecule has 0 aromatic carbocycles. The molecular weight excluding hydrogens is 303 g/mol. The van der Waals surface area contributed by atoms with Crippen LogP contribution in [-0.4, -0.2) is 91.4 Å². The van der Waals surface area contributed by atoms with Crippen LogP contribution in [0.5, 0.6) is 0 Å². The van der Waals surface area contributed by atoms with Gasteiger partial charge in [-0.3, -0.25) is 16.8 Å². The van der Waals surface area contributed by atoms with Crippen LogP contribution in [-0.2, 0) is 20.8 Å². The zero-order chi connectivity index (χ0) is 12.6. The normalized spacial score (nSPS) is 8.75. The largest absolute Gasteiger partial charge is 2.00 e. The fourth-order valence-electron chi connectivity index (χ4n) is 0. The fraction of sp³-hybridized carbons (Fsp3) is 0. The van der Waals surface area contributed by atoms with Crippen molar-refractivity contribution in [2.24, 2.45) is 0 Å². The zero-order valence-corrected chi connectivity index (χ0v) is 11.7. The molecule has 0 radical (unpaired) electrons. The molecular formula is HMg2NO11S2. The minimum absolute atomic E-state index is 0. The molecule has 0 atom stereocenters. The maximum Gasteiger partial charge on any atom is 2.00 e. The first-order valence-electron chi connectivity index (χ1n) is 1.90. The SMILES string of the molecule is O=S(=O)([O-])[O-].O=S(=O)([O-])[O-].O=[N+]([O-])O.[Mg+2].[Mg+2]. The monoisotopic (exact) mass is 303 g/mol. The molecule has 0 amide bonds. The van der Waals surface area contributed by atoms with Crippen LogP contribution in [0.15, 0.2) is 0 Å². The molecule has 16 heavy (non-hydrogen) atoms. The molecule has 0 rings (SSSR count). The van der Waals surface area contributed by atoms with Gasteiger partial charge in [0, 0.05) is 20.8 Å². The first-order valence-corrected chi connectivity index (χ1v) is 4.57. The molecule has 0 aromatic rings. The molecule has 12 nitrogen and oxygen atoms in total. The van der Waals surface area contributed by atoms with Crippen LogP contribution in [0.25, 0.3) is 0 Å². The Kier molecular flexibility index (Phi) is 25.3. The van der Waals surface area contributed by atoms with Crippen molar-refractivity contribution in [1.29, 1.82) is 0 Å². The van der Waals surface area contributed by atoms with Gasteiger partial charge >= 0.3 is 46.1 Å². The van der Waals surface area contributed by atoms with E-state index in [1.54, 1.807) is 0 Å². The summed E-state index contributed by atoms with van der Waals surface area (Å²) in [6, 6.07) is 0. The zero-order valence-electron chi connectivity index (χ0n) is 7.21. The molecule has 0 aliphatic heterocycles. The van der Waals surface area contributed by atoms with Crippen molar-refractivity contribution < 1.29 is 45.3 Å². The predicted octanol–water partition coefficient (Wildman–Crippen LogP) is -3.79. The molecule has 0 fully saturated rings. The fourth-order valence-corrected chi connectivity index (χ4v) is 0. The van der Waals surface area contributed by atoms with Gasteiger partial charge in [-0.1, -0.05) is 0 Å². The van der Waals surface area contributed by atoms with Crippen LogP contribution in [0.2, 0.25) is 0 Å². The van der Waals surface area contributed by atoms with E-state index >= 15 is 0 Å². The van der Waals surface area contributed by atoms with Crippen LogP contribution >= 0.6 is 0 Å². The summed E-state index contributed by atoms with van der Waals surface area (Å²) in [6.45, 7) is 0. The Morgan fingerprint density at radius 1 is 0.812 bits per heavy atom. The number of rotatable bonds is 0. The molecule has 1 N–H and O–H groups in total. The van der Waals surface area contributed by atoms with Gasteiger partial charge in [-0.25, -0.2) is 0 Å². The molecule has 0 saturated carbocycles. The topological polar surface area (TPSA) is 224 Å². The van der Waals surface area contributed by atoms with Crippen molar-refractivity contribution in [2.75, 3.05) is 0 Å². The molecule has 0 heterocycles. The number of hydrogen-bond acceptors (Lipinski definition) is 10. The average Bonchev–Trinajstić information content (AvgIpc) is 1.45. The molecule has 0 unspecified atom stereocenters. The minimum Gasteiger partial charge on any atom is -0.759 e. The van der Waals surface area contributed by atoms with E-state index in [-0.39, 0.29) is 46.1 Å². The summed E-state index contributed by atoms with van der Waals surface area (Å²) in [6.07, 6.45) is 0. The Bertz CT molecular complexity index is 288. The molecule has 0 aliphatic carbocycles. The molecule has 0 spiro atoms. The third kappa shape index (κ3) is 11800. The standard InChI is InChI=1S/2Mg.HNO3.2H2O4S/c;;2-1(3)4;2*1-5(2,3)4/h;;(H,2,3,4);2*(H2,1,2,3,4)/q2*+2;;;/p-4. The molecule has 16 heteroatoms. The van der Waals surface area contributed by atoms with E-state index in [0.29, 0.717) is 0 Å². The quantitative estimate of drug-likeness (QED) is 0.150. The summed E-state index contributed by atoms with van der Waals surface area (Å²) in [5, 5.41) is 13.6. The first kappa shape index (κ1) is 30.0. The summed E-state index contributed by atoms with van der Waals surface area (Å²) in [5.74, 6) is 0. The van der Waals surface area contributed by atoms with Crippen molar-refractivity contribution in [2.45, 2.75) is 0 Å². The van der Waals surface area contributed by atoms with Gasteiger partial charge in [0.1, 0.15) is 0 Å². The molecule has 0 aliphatic rings. The summed E-state index contributed by atoms with van der Waals surface area (Å²) in [4.78, 5) is 8.36. The van der Waals surface area contributed by atoms with Gasteiger partial charge in [0.2, 0.25) is 0 Å². The van der Waals surface area contributed by atoms with Crippen molar-refractivity contribution in [1.82, 2.24) is 0 Å². The Balaban J connectivity index is -0.0000000358. The summed E-state index contributed by atoms with van der Waals surface area (Å²) >= 11 is 0. The van der Waals surface area contributed by atoms with E-state index < -0.39 is 25.9 Å². The Hall–Kier alpha value is 0.472. The van der Waals surface area contributed by atoms with Gasteiger partial charge in [-0.2, -0.15) is 0 Å². The third-order valence-corrected chi connectivity index (χ3v) is 0. The summed E-state index contributed by atoms with van der Waals surface area (Å²) < 4.78 is 68.2. The van der Waals surface area contributed by atoms with Crippen molar-refractivity contribution in [3.05, 3.63) is 10.1 Å². The van der Waals surface area contributed by atoms with Crippen molar-refractivity contribution in [3.8, 4) is 0 Å². The van der Waals surface area contributed by atoms with E-state index in [4.69, 9.17) is 50.4 Å². The number of nitrogens with zero attached hydrogens (tertiary/aromatic N) is 1. The number of hydrogen-bond donors (Lipinski definition) is 1. The van der Waals surface area contributed by atoms with Crippen molar-refractivity contribution in [3.63, 3.8) is 0 Å². The predicted molar refractivity (Wildman–Crippen MR) is 41.2 cm³/mol. The second-order valence-electron chi connectivity index (χ2n) is 1.05. The summed E-state index contributed by atoms with van der Waals surface area (Å²) in [5.41, 5.74) is 0. The van der Waals surface area contributed by atoms with Crippen LogP contribution in [0.1, 0.15) is 0 Å². The van der Waals surface area contributed by atoms with Gasteiger partial charge < -0.3 is 23.4 Å². The van der Waals surface area contributed by atoms with Crippen molar-refractivity contribution >= 4 is 66.9 Å². The van der Waals surface area contributed by atoms with Crippen LogP contribution in [0, 0.1) is 10.1 Å². The van der Waals surface area contributed by atoms with E-state index in [0.717, 1.165) is 0 Å². The van der Waals surface area contributed by atoms with Crippen LogP contribution in [0.3, 0.4) is 0 Å². The smallest absolute Gasteiger partial charge is 0.759 e. The van der Waals surface area contributed by atoms with Gasteiger partial charge in [0.15, 0.2) is 0 Å². The second kappa shape index (κ2) is 13.5. The van der Waals surface area contributed by atoms with Gasteiger partial charge in [0.05, 0.1) is 0 Å². The second-order valence-corrected chi connectivity index (χ2v) is 2.69. The van der Waals surface area contributed by atoms with E-state index in [2.05, 4.69) is 0 Å². The van der Waals surface area contributed by atoms with Gasteiger partial charge in [-0.15, -0.1) is 10.1 Å². The Labute approximate surface area is 122 Å². The average molecular weight is 304 g/mol.